The molecule has 20 heavy (non-hydrogen) atoms. The zero-order valence-corrected chi connectivity index (χ0v) is 13.3. The van der Waals surface area contributed by atoms with E-state index in [4.69, 9.17) is 12.2 Å². The number of benzene rings is 1. The van der Waals surface area contributed by atoms with Crippen molar-refractivity contribution in [3.63, 3.8) is 0 Å². The summed E-state index contributed by atoms with van der Waals surface area (Å²) >= 11 is 7.09. The Balaban J connectivity index is 1.65. The van der Waals surface area contributed by atoms with Crippen LogP contribution in [0.4, 0.5) is 0 Å². The third-order valence-electron chi connectivity index (χ3n) is 3.46. The Morgan fingerprint density at radius 1 is 1.15 bits per heavy atom. The Morgan fingerprint density at radius 3 is 2.55 bits per heavy atom. The van der Waals surface area contributed by atoms with E-state index >= 15 is 0 Å². The summed E-state index contributed by atoms with van der Waals surface area (Å²) in [5.41, 5.74) is 1.10. The summed E-state index contributed by atoms with van der Waals surface area (Å²) in [5.74, 6) is 1.10. The van der Waals surface area contributed by atoms with E-state index in [1.165, 1.54) is 19.3 Å². The van der Waals surface area contributed by atoms with Crippen LogP contribution in [-0.4, -0.2) is 33.8 Å². The maximum Gasteiger partial charge on any atom is 0.138 e. The molecule has 0 saturated carbocycles. The number of rotatable bonds is 5. The lowest BCUT2D eigenvalue weighted by Gasteiger charge is -2.28. The van der Waals surface area contributed by atoms with Crippen LogP contribution in [0.25, 0.3) is 0 Å². The van der Waals surface area contributed by atoms with Gasteiger partial charge >= 0.3 is 0 Å². The van der Waals surface area contributed by atoms with Crippen LogP contribution in [0, 0.1) is 0 Å². The Morgan fingerprint density at radius 2 is 1.85 bits per heavy atom. The van der Waals surface area contributed by atoms with Gasteiger partial charge in [0.05, 0.1) is 0 Å². The zero-order valence-electron chi connectivity index (χ0n) is 11.7. The van der Waals surface area contributed by atoms with Crippen molar-refractivity contribution < 1.29 is 4.79 Å². The molecule has 0 bridgehead atoms. The maximum absolute atomic E-state index is 11.9. The van der Waals surface area contributed by atoms with Gasteiger partial charge in [-0.05, 0) is 24.8 Å². The lowest BCUT2D eigenvalue weighted by atomic mass is 10.1. The van der Waals surface area contributed by atoms with E-state index < -0.39 is 0 Å². The van der Waals surface area contributed by atoms with E-state index in [0.29, 0.717) is 18.6 Å². The quantitative estimate of drug-likeness (QED) is 0.773. The predicted octanol–water partition coefficient (Wildman–Crippen LogP) is 3.69. The van der Waals surface area contributed by atoms with Crippen molar-refractivity contribution in [1.82, 2.24) is 4.90 Å². The van der Waals surface area contributed by atoms with Crippen molar-refractivity contribution >= 4 is 34.1 Å². The summed E-state index contributed by atoms with van der Waals surface area (Å²) in [6.07, 6.45) is 4.95. The number of ketones is 1. The number of thioether (sulfide) groups is 1. The van der Waals surface area contributed by atoms with E-state index in [-0.39, 0.29) is 0 Å². The standard InChI is InChI=1S/C16H21NOS2/c18-15(13-14-7-3-1-4-8-14)9-12-20-16(19)17-10-5-2-6-11-17/h1,3-4,7-8H,2,5-6,9-13H2. The maximum atomic E-state index is 11.9. The van der Waals surface area contributed by atoms with Crippen LogP contribution in [0.3, 0.4) is 0 Å². The molecule has 108 valence electrons. The number of likely N-dealkylation sites (tertiary alicyclic amines) is 1. The number of thiocarbonyl (C=S) groups is 1. The fraction of sp³-hybridized carbons (Fsp3) is 0.500. The van der Waals surface area contributed by atoms with Gasteiger partial charge in [-0.25, -0.2) is 0 Å². The molecule has 0 aliphatic carbocycles. The van der Waals surface area contributed by atoms with Crippen molar-refractivity contribution in [1.29, 1.82) is 0 Å². The molecule has 1 aliphatic rings. The summed E-state index contributed by atoms with van der Waals surface area (Å²) in [6, 6.07) is 9.93. The molecule has 0 unspecified atom stereocenters. The Kier molecular flexibility index (Phi) is 6.54. The molecule has 0 amide bonds. The van der Waals surface area contributed by atoms with Crippen molar-refractivity contribution in [3.8, 4) is 0 Å². The first-order chi connectivity index (χ1) is 9.75. The van der Waals surface area contributed by atoms with Gasteiger partial charge < -0.3 is 4.90 Å². The highest BCUT2D eigenvalue weighted by atomic mass is 32.2. The SMILES string of the molecule is O=C(CCSC(=S)N1CCCCC1)Cc1ccccc1. The number of nitrogens with zero attached hydrogens (tertiary/aromatic N) is 1. The number of piperidine rings is 1. The molecule has 1 fully saturated rings. The molecule has 1 aliphatic heterocycles. The van der Waals surface area contributed by atoms with E-state index in [0.717, 1.165) is 28.7 Å². The van der Waals surface area contributed by atoms with Crippen molar-refractivity contribution in [2.45, 2.75) is 32.1 Å². The van der Waals surface area contributed by atoms with Gasteiger partial charge in [0.2, 0.25) is 0 Å². The summed E-state index contributed by atoms with van der Waals surface area (Å²) in [4.78, 5) is 14.2. The predicted molar refractivity (Wildman–Crippen MR) is 90.3 cm³/mol. The molecule has 1 saturated heterocycles. The first kappa shape index (κ1) is 15.5. The lowest BCUT2D eigenvalue weighted by Crippen LogP contribution is -2.32. The molecule has 1 aromatic carbocycles. The minimum absolute atomic E-state index is 0.296. The Hall–Kier alpha value is -0.870. The molecule has 4 heteroatoms. The van der Waals surface area contributed by atoms with Crippen molar-refractivity contribution in [2.75, 3.05) is 18.8 Å². The third kappa shape index (κ3) is 5.25. The van der Waals surface area contributed by atoms with Gasteiger partial charge in [0.15, 0.2) is 0 Å². The number of carbonyl (C=O) groups is 1. The van der Waals surface area contributed by atoms with Crippen LogP contribution in [0.2, 0.25) is 0 Å². The second-order valence-corrected chi connectivity index (χ2v) is 6.84. The van der Waals surface area contributed by atoms with Crippen LogP contribution in [0.15, 0.2) is 30.3 Å². The minimum atomic E-state index is 0.296. The Bertz CT molecular complexity index is 441. The van der Waals surface area contributed by atoms with Gasteiger partial charge in [-0.3, -0.25) is 4.79 Å². The molecule has 2 nitrogen and oxygen atoms in total. The zero-order chi connectivity index (χ0) is 14.2. The normalized spacial score (nSPS) is 15.1. The highest BCUT2D eigenvalue weighted by Crippen LogP contribution is 2.17. The molecule has 0 atom stereocenters. The fourth-order valence-electron chi connectivity index (χ4n) is 2.33. The van der Waals surface area contributed by atoms with Crippen LogP contribution in [0.5, 0.6) is 0 Å². The van der Waals surface area contributed by atoms with Crippen molar-refractivity contribution in [3.05, 3.63) is 35.9 Å². The number of hydrogen-bond donors (Lipinski definition) is 0. The average Bonchev–Trinajstić information content (AvgIpc) is 2.49. The van der Waals surface area contributed by atoms with Crippen LogP contribution < -0.4 is 0 Å². The number of Topliss-reactive ketones (excluding diaryl/α,β-unsaturated/α-hetero) is 1. The lowest BCUT2D eigenvalue weighted by molar-refractivity contribution is -0.118. The van der Waals surface area contributed by atoms with Gasteiger partial charge in [-0.15, -0.1) is 0 Å². The summed E-state index contributed by atoms with van der Waals surface area (Å²) in [6.45, 7) is 2.17. The van der Waals surface area contributed by atoms with Gasteiger partial charge in [0.25, 0.3) is 0 Å². The average molecular weight is 307 g/mol. The third-order valence-corrected chi connectivity index (χ3v) is 4.99. The molecule has 2 rings (SSSR count). The Labute approximate surface area is 130 Å². The van der Waals surface area contributed by atoms with E-state index in [2.05, 4.69) is 4.90 Å². The van der Waals surface area contributed by atoms with E-state index in [1.807, 2.05) is 30.3 Å². The van der Waals surface area contributed by atoms with Gasteiger partial charge in [0, 0.05) is 31.7 Å². The summed E-state index contributed by atoms with van der Waals surface area (Å²) < 4.78 is 0.970. The highest BCUT2D eigenvalue weighted by molar-refractivity contribution is 8.22. The molecular weight excluding hydrogens is 286 g/mol. The second-order valence-electron chi connectivity index (χ2n) is 5.11. The molecule has 1 heterocycles. The smallest absolute Gasteiger partial charge is 0.138 e. The second kappa shape index (κ2) is 8.42. The van der Waals surface area contributed by atoms with Gasteiger partial charge in [-0.2, -0.15) is 0 Å². The first-order valence-electron chi connectivity index (χ1n) is 7.23. The van der Waals surface area contributed by atoms with E-state index in [9.17, 15) is 4.79 Å². The number of carbonyl (C=O) groups excluding carboxylic acids is 1. The molecule has 0 spiro atoms. The van der Waals surface area contributed by atoms with Crippen LogP contribution in [-0.2, 0) is 11.2 Å². The topological polar surface area (TPSA) is 20.3 Å². The first-order valence-corrected chi connectivity index (χ1v) is 8.62. The monoisotopic (exact) mass is 307 g/mol. The number of hydrogen-bond acceptors (Lipinski definition) is 3. The van der Waals surface area contributed by atoms with Crippen LogP contribution in [0.1, 0.15) is 31.2 Å². The molecule has 0 N–H and O–H groups in total. The van der Waals surface area contributed by atoms with Gasteiger partial charge in [-0.1, -0.05) is 54.3 Å². The minimum Gasteiger partial charge on any atom is -0.358 e. The summed E-state index contributed by atoms with van der Waals surface area (Å²) in [5, 5.41) is 0. The van der Waals surface area contributed by atoms with Gasteiger partial charge in [0.1, 0.15) is 10.1 Å². The fourth-order valence-corrected chi connectivity index (χ4v) is 3.63. The van der Waals surface area contributed by atoms with Crippen LogP contribution >= 0.6 is 24.0 Å². The summed E-state index contributed by atoms with van der Waals surface area (Å²) in [7, 11) is 0. The largest absolute Gasteiger partial charge is 0.358 e. The molecule has 0 radical (unpaired) electrons. The van der Waals surface area contributed by atoms with E-state index in [1.54, 1.807) is 11.8 Å². The highest BCUT2D eigenvalue weighted by Gasteiger charge is 2.14. The molecule has 1 aromatic rings. The molecule has 0 aromatic heterocycles. The molecular formula is C16H21NOS2. The van der Waals surface area contributed by atoms with Crippen molar-refractivity contribution in [2.24, 2.45) is 0 Å².